The predicted molar refractivity (Wildman–Crippen MR) is 54.9 cm³/mol. The molecule has 0 spiro atoms. The Kier molecular flexibility index (Phi) is 2.38. The lowest BCUT2D eigenvalue weighted by atomic mass is 9.97. The SMILES string of the molecule is COc1c(O)cc2c(c1O)C(=O)O[C@H](C)C2. The van der Waals surface area contributed by atoms with Crippen molar-refractivity contribution in [3.05, 3.63) is 17.2 Å². The van der Waals surface area contributed by atoms with Crippen LogP contribution in [0.3, 0.4) is 0 Å². The molecule has 5 nitrogen and oxygen atoms in total. The minimum Gasteiger partial charge on any atom is -0.504 e. The molecule has 2 rings (SSSR count). The van der Waals surface area contributed by atoms with E-state index in [2.05, 4.69) is 0 Å². The summed E-state index contributed by atoms with van der Waals surface area (Å²) in [5.41, 5.74) is 0.646. The van der Waals surface area contributed by atoms with Crippen LogP contribution in [0.1, 0.15) is 22.8 Å². The highest BCUT2D eigenvalue weighted by Gasteiger charge is 2.30. The van der Waals surface area contributed by atoms with Crippen molar-refractivity contribution in [3.63, 3.8) is 0 Å². The molecule has 1 heterocycles. The van der Waals surface area contributed by atoms with Gasteiger partial charge in [-0.25, -0.2) is 4.79 Å². The molecular formula is C11H12O5. The molecule has 0 saturated heterocycles. The summed E-state index contributed by atoms with van der Waals surface area (Å²) in [5.74, 6) is -1.25. The van der Waals surface area contributed by atoms with Crippen molar-refractivity contribution >= 4 is 5.97 Å². The zero-order chi connectivity index (χ0) is 11.9. The van der Waals surface area contributed by atoms with E-state index in [4.69, 9.17) is 9.47 Å². The van der Waals surface area contributed by atoms with Gasteiger partial charge in [-0.1, -0.05) is 0 Å². The Morgan fingerprint density at radius 1 is 1.50 bits per heavy atom. The number of benzene rings is 1. The molecule has 0 fully saturated rings. The zero-order valence-electron chi connectivity index (χ0n) is 8.98. The van der Waals surface area contributed by atoms with E-state index in [0.717, 1.165) is 0 Å². The standard InChI is InChI=1S/C11H12O5/c1-5-3-6-4-7(12)10(15-2)9(13)8(6)11(14)16-5/h4-5,12-13H,3H2,1-2H3/t5-/m1/s1. The maximum absolute atomic E-state index is 11.6. The van der Waals surface area contributed by atoms with E-state index in [9.17, 15) is 15.0 Å². The number of carbonyl (C=O) groups excluding carboxylic acids is 1. The van der Waals surface area contributed by atoms with E-state index < -0.39 is 5.97 Å². The molecule has 16 heavy (non-hydrogen) atoms. The molecule has 86 valence electrons. The van der Waals surface area contributed by atoms with Gasteiger partial charge >= 0.3 is 5.97 Å². The highest BCUT2D eigenvalue weighted by Crippen LogP contribution is 2.42. The Morgan fingerprint density at radius 3 is 2.81 bits per heavy atom. The van der Waals surface area contributed by atoms with Crippen LogP contribution >= 0.6 is 0 Å². The number of rotatable bonds is 1. The van der Waals surface area contributed by atoms with Crippen molar-refractivity contribution in [1.29, 1.82) is 0 Å². The summed E-state index contributed by atoms with van der Waals surface area (Å²) in [5, 5.41) is 19.4. The highest BCUT2D eigenvalue weighted by atomic mass is 16.5. The zero-order valence-corrected chi connectivity index (χ0v) is 8.98. The summed E-state index contributed by atoms with van der Waals surface area (Å²) in [6.45, 7) is 1.75. The van der Waals surface area contributed by atoms with Crippen LogP contribution in [0.5, 0.6) is 17.2 Å². The first-order valence-electron chi connectivity index (χ1n) is 4.87. The number of hydrogen-bond donors (Lipinski definition) is 2. The molecule has 1 aliphatic rings. The maximum atomic E-state index is 11.6. The van der Waals surface area contributed by atoms with Gasteiger partial charge in [0.1, 0.15) is 11.7 Å². The van der Waals surface area contributed by atoms with Crippen LogP contribution in [-0.4, -0.2) is 29.4 Å². The van der Waals surface area contributed by atoms with Crippen LogP contribution in [0.4, 0.5) is 0 Å². The number of cyclic esters (lactones) is 1. The lowest BCUT2D eigenvalue weighted by Gasteiger charge is -2.23. The smallest absolute Gasteiger partial charge is 0.342 e. The second-order valence-electron chi connectivity index (χ2n) is 3.73. The first kappa shape index (κ1) is 10.6. The summed E-state index contributed by atoms with van der Waals surface area (Å²) in [6.07, 6.45) is 0.207. The molecule has 5 heteroatoms. The van der Waals surface area contributed by atoms with E-state index in [0.29, 0.717) is 12.0 Å². The van der Waals surface area contributed by atoms with Crippen molar-refractivity contribution in [2.24, 2.45) is 0 Å². The minimum atomic E-state index is -0.593. The lowest BCUT2D eigenvalue weighted by Crippen LogP contribution is -2.25. The third-order valence-corrected chi connectivity index (χ3v) is 2.54. The van der Waals surface area contributed by atoms with Crippen molar-refractivity contribution in [1.82, 2.24) is 0 Å². The lowest BCUT2D eigenvalue weighted by molar-refractivity contribution is 0.0296. The van der Waals surface area contributed by atoms with Gasteiger partial charge in [-0.05, 0) is 18.6 Å². The number of phenolic OH excluding ortho intramolecular Hbond substituents is 2. The number of hydrogen-bond acceptors (Lipinski definition) is 5. The monoisotopic (exact) mass is 224 g/mol. The summed E-state index contributed by atoms with van der Waals surface area (Å²) in [7, 11) is 1.30. The largest absolute Gasteiger partial charge is 0.504 e. The summed E-state index contributed by atoms with van der Waals surface area (Å²) >= 11 is 0. The van der Waals surface area contributed by atoms with Gasteiger partial charge in [-0.2, -0.15) is 0 Å². The predicted octanol–water partition coefficient (Wildman–Crippen LogP) is 1.21. The number of phenols is 2. The fraction of sp³-hybridized carbons (Fsp3) is 0.364. The van der Waals surface area contributed by atoms with Gasteiger partial charge in [-0.3, -0.25) is 0 Å². The number of fused-ring (bicyclic) bond motifs is 1. The van der Waals surface area contributed by atoms with Crippen molar-refractivity contribution in [3.8, 4) is 17.2 Å². The van der Waals surface area contributed by atoms with Crippen LogP contribution in [0.15, 0.2) is 6.07 Å². The molecule has 1 aromatic carbocycles. The Morgan fingerprint density at radius 2 is 2.19 bits per heavy atom. The highest BCUT2D eigenvalue weighted by molar-refractivity contribution is 5.96. The van der Waals surface area contributed by atoms with Crippen molar-refractivity contribution in [2.75, 3.05) is 7.11 Å². The van der Waals surface area contributed by atoms with Gasteiger partial charge in [0.15, 0.2) is 11.5 Å². The van der Waals surface area contributed by atoms with Gasteiger partial charge in [0, 0.05) is 6.42 Å². The molecule has 0 radical (unpaired) electrons. The first-order chi connectivity index (χ1) is 7.54. The van der Waals surface area contributed by atoms with Crippen LogP contribution in [0.25, 0.3) is 0 Å². The molecule has 0 saturated carbocycles. The Balaban J connectivity index is 2.64. The van der Waals surface area contributed by atoms with Gasteiger partial charge in [0.05, 0.1) is 7.11 Å². The van der Waals surface area contributed by atoms with Crippen molar-refractivity contribution in [2.45, 2.75) is 19.4 Å². The molecule has 0 aliphatic carbocycles. The average Bonchev–Trinajstić information content (AvgIpc) is 2.15. The number of esters is 1. The molecule has 1 atom stereocenters. The molecule has 0 bridgehead atoms. The summed E-state index contributed by atoms with van der Waals surface area (Å²) < 4.78 is 9.81. The van der Waals surface area contributed by atoms with Crippen LogP contribution in [0, 0.1) is 0 Å². The fourth-order valence-electron chi connectivity index (χ4n) is 1.87. The molecule has 0 aromatic heterocycles. The van der Waals surface area contributed by atoms with E-state index in [1.54, 1.807) is 6.92 Å². The first-order valence-corrected chi connectivity index (χ1v) is 4.87. The Hall–Kier alpha value is -1.91. The number of ether oxygens (including phenoxy) is 2. The van der Waals surface area contributed by atoms with Gasteiger partial charge in [0.2, 0.25) is 5.75 Å². The Bertz CT molecular complexity index is 452. The number of methoxy groups -OCH3 is 1. The molecule has 1 aromatic rings. The summed E-state index contributed by atoms with van der Waals surface area (Å²) in [4.78, 5) is 11.6. The van der Waals surface area contributed by atoms with E-state index >= 15 is 0 Å². The Labute approximate surface area is 92.2 Å². The van der Waals surface area contributed by atoms with Gasteiger partial charge in [-0.15, -0.1) is 0 Å². The topological polar surface area (TPSA) is 76.0 Å². The normalized spacial score (nSPS) is 18.9. The van der Waals surface area contributed by atoms with Gasteiger partial charge in [0.25, 0.3) is 0 Å². The van der Waals surface area contributed by atoms with Crippen LogP contribution < -0.4 is 4.74 Å². The quantitative estimate of drug-likeness (QED) is 0.701. The molecule has 2 N–H and O–H groups in total. The van der Waals surface area contributed by atoms with Crippen molar-refractivity contribution < 1.29 is 24.5 Å². The third kappa shape index (κ3) is 1.44. The minimum absolute atomic E-state index is 0.0766. The third-order valence-electron chi connectivity index (χ3n) is 2.54. The second-order valence-corrected chi connectivity index (χ2v) is 3.73. The second kappa shape index (κ2) is 3.59. The average molecular weight is 224 g/mol. The van der Waals surface area contributed by atoms with E-state index in [1.807, 2.05) is 0 Å². The van der Waals surface area contributed by atoms with E-state index in [-0.39, 0.29) is 28.9 Å². The molecule has 1 aliphatic heterocycles. The number of carbonyl (C=O) groups is 1. The van der Waals surface area contributed by atoms with E-state index in [1.165, 1.54) is 13.2 Å². The summed E-state index contributed by atoms with van der Waals surface area (Å²) in [6, 6.07) is 1.42. The fourth-order valence-corrected chi connectivity index (χ4v) is 1.87. The maximum Gasteiger partial charge on any atom is 0.342 e. The van der Waals surface area contributed by atoms with Crippen LogP contribution in [-0.2, 0) is 11.2 Å². The molecular weight excluding hydrogens is 212 g/mol. The molecule has 0 amide bonds. The molecule has 0 unspecified atom stereocenters. The van der Waals surface area contributed by atoms with Crippen LogP contribution in [0.2, 0.25) is 0 Å². The number of aromatic hydroxyl groups is 2. The van der Waals surface area contributed by atoms with Gasteiger partial charge < -0.3 is 19.7 Å².